The third-order valence-corrected chi connectivity index (χ3v) is 5.06. The highest BCUT2D eigenvalue weighted by atomic mass is 35.5. The van der Waals surface area contributed by atoms with E-state index in [0.29, 0.717) is 24.0 Å². The number of halogens is 1. The highest BCUT2D eigenvalue weighted by Crippen LogP contribution is 2.34. The minimum absolute atomic E-state index is 0.0835. The van der Waals surface area contributed by atoms with Gasteiger partial charge in [0.15, 0.2) is 5.16 Å². The predicted octanol–water partition coefficient (Wildman–Crippen LogP) is 2.64. The lowest BCUT2D eigenvalue weighted by Gasteiger charge is -2.31. The van der Waals surface area contributed by atoms with Crippen molar-refractivity contribution >= 4 is 40.6 Å². The Morgan fingerprint density at radius 3 is 2.92 bits per heavy atom. The van der Waals surface area contributed by atoms with E-state index < -0.39 is 0 Å². The van der Waals surface area contributed by atoms with E-state index in [-0.39, 0.29) is 5.91 Å². The second kappa shape index (κ2) is 7.92. The van der Waals surface area contributed by atoms with Crippen molar-refractivity contribution in [2.45, 2.75) is 5.16 Å². The molecular weight excluding hydrogens is 348 g/mol. The van der Waals surface area contributed by atoms with Crippen LogP contribution in [-0.4, -0.2) is 47.5 Å². The van der Waals surface area contributed by atoms with Crippen molar-refractivity contribution in [3.63, 3.8) is 0 Å². The van der Waals surface area contributed by atoms with Crippen LogP contribution < -0.4 is 10.2 Å². The second-order valence-electron chi connectivity index (χ2n) is 5.39. The fraction of sp³-hybridized carbons (Fsp3) is 0.375. The summed E-state index contributed by atoms with van der Waals surface area (Å²) >= 11 is 7.77. The molecule has 2 aromatic rings. The van der Waals surface area contributed by atoms with E-state index in [1.807, 2.05) is 36.0 Å². The third-order valence-electron chi connectivity index (χ3n) is 3.70. The number of morpholine rings is 1. The van der Waals surface area contributed by atoms with Crippen molar-refractivity contribution in [3.8, 4) is 0 Å². The maximum Gasteiger partial charge on any atom is 0.234 e. The van der Waals surface area contributed by atoms with Crippen molar-refractivity contribution in [1.29, 1.82) is 0 Å². The Balaban J connectivity index is 1.69. The van der Waals surface area contributed by atoms with Crippen molar-refractivity contribution in [2.24, 2.45) is 7.05 Å². The highest BCUT2D eigenvalue weighted by molar-refractivity contribution is 7.99. The molecule has 1 saturated heterocycles. The van der Waals surface area contributed by atoms with Gasteiger partial charge in [0, 0.05) is 32.5 Å². The number of carbonyl (C=O) groups excluding carboxylic acids is 1. The number of nitrogens with one attached hydrogen (secondary N) is 1. The second-order valence-corrected chi connectivity index (χ2v) is 6.74. The van der Waals surface area contributed by atoms with Gasteiger partial charge in [-0.25, -0.2) is 4.98 Å². The molecule has 1 aliphatic rings. The summed E-state index contributed by atoms with van der Waals surface area (Å²) in [5.74, 6) is 0.208. The average molecular weight is 367 g/mol. The number of ether oxygens (including phenoxy) is 1. The van der Waals surface area contributed by atoms with Gasteiger partial charge in [-0.2, -0.15) is 0 Å². The fourth-order valence-corrected chi connectivity index (χ4v) is 3.56. The standard InChI is InChI=1S/C16H19ClN4O2S/c1-20-6-5-18-16(20)24-11-14(22)19-13-4-2-3-12(17)15(13)21-7-9-23-10-8-21/h2-6H,7-11H2,1H3,(H,19,22). The van der Waals surface area contributed by atoms with Crippen LogP contribution in [0.1, 0.15) is 0 Å². The van der Waals surface area contributed by atoms with Crippen LogP contribution in [0.4, 0.5) is 11.4 Å². The number of para-hydroxylation sites is 1. The highest BCUT2D eigenvalue weighted by Gasteiger charge is 2.19. The van der Waals surface area contributed by atoms with Crippen LogP contribution in [0, 0.1) is 0 Å². The van der Waals surface area contributed by atoms with Crippen LogP contribution in [0.5, 0.6) is 0 Å². The van der Waals surface area contributed by atoms with Crippen molar-refractivity contribution in [3.05, 3.63) is 35.6 Å². The molecule has 24 heavy (non-hydrogen) atoms. The summed E-state index contributed by atoms with van der Waals surface area (Å²) in [6.07, 6.45) is 3.57. The number of rotatable bonds is 5. The van der Waals surface area contributed by atoms with Gasteiger partial charge < -0.3 is 19.5 Å². The molecule has 3 rings (SSSR count). The lowest BCUT2D eigenvalue weighted by molar-refractivity contribution is -0.113. The Kier molecular flexibility index (Phi) is 5.65. The fourth-order valence-electron chi connectivity index (χ4n) is 2.53. The number of aryl methyl sites for hydroxylation is 1. The zero-order valence-electron chi connectivity index (χ0n) is 13.4. The van der Waals surface area contributed by atoms with Gasteiger partial charge in [-0.05, 0) is 12.1 Å². The lowest BCUT2D eigenvalue weighted by Crippen LogP contribution is -2.37. The first-order chi connectivity index (χ1) is 11.6. The van der Waals surface area contributed by atoms with Gasteiger partial charge in [0.05, 0.1) is 35.4 Å². The molecule has 0 unspecified atom stereocenters. The van der Waals surface area contributed by atoms with Crippen LogP contribution in [0.25, 0.3) is 0 Å². The molecule has 128 valence electrons. The van der Waals surface area contributed by atoms with Crippen LogP contribution in [0.15, 0.2) is 35.7 Å². The summed E-state index contributed by atoms with van der Waals surface area (Å²) in [6.45, 7) is 2.84. The van der Waals surface area contributed by atoms with Crippen molar-refractivity contribution in [1.82, 2.24) is 9.55 Å². The monoisotopic (exact) mass is 366 g/mol. The smallest absolute Gasteiger partial charge is 0.234 e. The van der Waals surface area contributed by atoms with Gasteiger partial charge in [0.1, 0.15) is 0 Å². The van der Waals surface area contributed by atoms with E-state index in [9.17, 15) is 4.79 Å². The summed E-state index contributed by atoms with van der Waals surface area (Å²) in [5.41, 5.74) is 1.59. The van der Waals surface area contributed by atoms with E-state index >= 15 is 0 Å². The van der Waals surface area contributed by atoms with Crippen LogP contribution in [-0.2, 0) is 16.6 Å². The molecule has 0 bridgehead atoms. The largest absolute Gasteiger partial charge is 0.378 e. The molecule has 1 aromatic heterocycles. The van der Waals surface area contributed by atoms with E-state index in [4.69, 9.17) is 16.3 Å². The molecule has 0 saturated carbocycles. The lowest BCUT2D eigenvalue weighted by atomic mass is 10.2. The van der Waals surface area contributed by atoms with Gasteiger partial charge in [0.25, 0.3) is 0 Å². The van der Waals surface area contributed by atoms with Gasteiger partial charge in [0.2, 0.25) is 5.91 Å². The van der Waals surface area contributed by atoms with Crippen LogP contribution in [0.2, 0.25) is 5.02 Å². The SMILES string of the molecule is Cn1ccnc1SCC(=O)Nc1cccc(Cl)c1N1CCOCC1. The molecule has 0 aliphatic carbocycles. The summed E-state index contributed by atoms with van der Waals surface area (Å²) in [4.78, 5) is 18.7. The zero-order valence-corrected chi connectivity index (χ0v) is 14.9. The first-order valence-electron chi connectivity index (χ1n) is 7.66. The normalized spacial score (nSPS) is 14.7. The van der Waals surface area contributed by atoms with Crippen LogP contribution in [0.3, 0.4) is 0 Å². The minimum atomic E-state index is -0.0835. The zero-order chi connectivity index (χ0) is 16.9. The summed E-state index contributed by atoms with van der Waals surface area (Å²) in [5, 5.41) is 4.41. The quantitative estimate of drug-likeness (QED) is 0.824. The maximum absolute atomic E-state index is 12.3. The average Bonchev–Trinajstić information content (AvgIpc) is 2.99. The Morgan fingerprint density at radius 1 is 1.42 bits per heavy atom. The molecule has 6 nitrogen and oxygen atoms in total. The first-order valence-corrected chi connectivity index (χ1v) is 9.02. The number of nitrogens with zero attached hydrogens (tertiary/aromatic N) is 3. The molecule has 1 aromatic carbocycles. The number of imidazole rings is 1. The number of hydrogen-bond donors (Lipinski definition) is 1. The molecule has 0 radical (unpaired) electrons. The minimum Gasteiger partial charge on any atom is -0.378 e. The Morgan fingerprint density at radius 2 is 2.21 bits per heavy atom. The van der Waals surface area contributed by atoms with E-state index in [0.717, 1.165) is 29.6 Å². The number of thioether (sulfide) groups is 1. The van der Waals surface area contributed by atoms with E-state index in [1.165, 1.54) is 11.8 Å². The summed E-state index contributed by atoms with van der Waals surface area (Å²) < 4.78 is 7.27. The first kappa shape index (κ1) is 17.1. The van der Waals surface area contributed by atoms with Crippen molar-refractivity contribution < 1.29 is 9.53 Å². The van der Waals surface area contributed by atoms with Gasteiger partial charge in [-0.3, -0.25) is 4.79 Å². The predicted molar refractivity (Wildman–Crippen MR) is 97.0 cm³/mol. The number of carbonyl (C=O) groups is 1. The molecule has 2 heterocycles. The molecule has 1 aliphatic heterocycles. The molecule has 1 amide bonds. The molecule has 8 heteroatoms. The molecule has 1 N–H and O–H groups in total. The van der Waals surface area contributed by atoms with Gasteiger partial charge >= 0.3 is 0 Å². The Labute approximate surface area is 150 Å². The van der Waals surface area contributed by atoms with Crippen molar-refractivity contribution in [2.75, 3.05) is 42.3 Å². The van der Waals surface area contributed by atoms with Gasteiger partial charge in [-0.15, -0.1) is 0 Å². The van der Waals surface area contributed by atoms with Gasteiger partial charge in [-0.1, -0.05) is 29.4 Å². The molecular formula is C16H19ClN4O2S. The molecule has 0 spiro atoms. The molecule has 0 atom stereocenters. The maximum atomic E-state index is 12.3. The Bertz CT molecular complexity index is 716. The van der Waals surface area contributed by atoms with E-state index in [2.05, 4.69) is 15.2 Å². The number of aromatic nitrogens is 2. The number of anilines is 2. The van der Waals surface area contributed by atoms with Crippen LogP contribution >= 0.6 is 23.4 Å². The number of amides is 1. The Hall–Kier alpha value is -1.70. The topological polar surface area (TPSA) is 59.4 Å². The number of hydrogen-bond acceptors (Lipinski definition) is 5. The van der Waals surface area contributed by atoms with E-state index in [1.54, 1.807) is 6.20 Å². The third kappa shape index (κ3) is 4.03. The summed E-state index contributed by atoms with van der Waals surface area (Å²) in [7, 11) is 1.90. The number of benzene rings is 1. The summed E-state index contributed by atoms with van der Waals surface area (Å²) in [6, 6.07) is 5.55. The molecule has 1 fully saturated rings.